The van der Waals surface area contributed by atoms with E-state index in [4.69, 9.17) is 4.52 Å². The van der Waals surface area contributed by atoms with Crippen molar-refractivity contribution in [2.45, 2.75) is 206 Å². The summed E-state index contributed by atoms with van der Waals surface area (Å²) in [4.78, 5) is 46.1. The molecule has 0 aromatic heterocycles. The second-order valence-corrected chi connectivity index (χ2v) is 17.3. The average Bonchev–Trinajstić information content (AvgIpc) is 3.05. The molecule has 2 N–H and O–H groups in total. The lowest BCUT2D eigenvalue weighted by molar-refractivity contribution is -0.873. The molecule has 1 atom stereocenters. The van der Waals surface area contributed by atoms with E-state index in [1.54, 1.807) is 0 Å². The molecule has 0 aromatic rings. The Hall–Kier alpha value is -1.11. The van der Waals surface area contributed by atoms with Crippen LogP contribution in [0.4, 0.5) is 0 Å². The molecule has 0 rings (SSSR count). The number of quaternary nitrogens is 1. The molecule has 0 radical (unpaired) electrons. The minimum Gasteiger partial charge on any atom is -0.329 e. The van der Waals surface area contributed by atoms with Crippen molar-refractivity contribution >= 4 is 19.4 Å². The summed E-state index contributed by atoms with van der Waals surface area (Å²) in [5.74, 6) is -1.08. The highest BCUT2D eigenvalue weighted by atomic mass is 31.2. The Balaban J connectivity index is 4.64. The predicted molar refractivity (Wildman–Crippen MR) is 217 cm³/mol. The third kappa shape index (κ3) is 35.7. The number of phosphoric ester groups is 1. The molecule has 51 heavy (non-hydrogen) atoms. The number of likely N-dealkylation sites (N-methyl/N-ethyl adjacent to an activating group) is 1. The fourth-order valence-electron chi connectivity index (χ4n) is 6.75. The summed E-state index contributed by atoms with van der Waals surface area (Å²) < 4.78 is 17.3. The van der Waals surface area contributed by atoms with Crippen LogP contribution in [0.5, 0.6) is 0 Å². The zero-order valence-corrected chi connectivity index (χ0v) is 35.0. The minimum absolute atomic E-state index is 0.0223. The van der Waals surface area contributed by atoms with Gasteiger partial charge < -0.3 is 14.3 Å². The van der Waals surface area contributed by atoms with Crippen molar-refractivity contribution in [2.75, 3.05) is 27.7 Å². The van der Waals surface area contributed by atoms with E-state index in [0.717, 1.165) is 77.0 Å². The Kier molecular flexibility index (Phi) is 32.7. The first kappa shape index (κ1) is 49.9. The molecule has 0 fully saturated rings. The molecule has 0 heterocycles. The highest BCUT2D eigenvalue weighted by molar-refractivity contribution is 7.46. The van der Waals surface area contributed by atoms with Crippen LogP contribution in [0.3, 0.4) is 0 Å². The van der Waals surface area contributed by atoms with Crippen LogP contribution in [0.25, 0.3) is 0 Å². The van der Waals surface area contributed by atoms with Crippen LogP contribution < -0.4 is 0 Å². The van der Waals surface area contributed by atoms with Crippen molar-refractivity contribution in [3.05, 3.63) is 24.3 Å². The van der Waals surface area contributed by atoms with Crippen LogP contribution in [0.2, 0.25) is 0 Å². The average molecular weight is 741 g/mol. The smallest absolute Gasteiger partial charge is 0.329 e. The predicted octanol–water partition coefficient (Wildman–Crippen LogP) is 12.4. The molecule has 8 heteroatoms. The standard InChI is InChI=1S/C43H82NO6P/c1-6-8-10-12-14-16-18-20-22-24-26-28-30-32-34-36-42(45)41(38-40(39-44(3,4)5)50-51(47,48)49)43(46)37-35-33-31-29-27-25-23-21-19-17-15-13-11-9-7-2/h20-23,40-41H,6-19,24-39H2,1-5H3,(H-,47,48,49)/p+1. The molecule has 0 saturated carbocycles. The molecule has 0 amide bonds. The molecule has 0 spiro atoms. The zero-order chi connectivity index (χ0) is 38.1. The first-order chi connectivity index (χ1) is 24.4. The van der Waals surface area contributed by atoms with Gasteiger partial charge in [0.15, 0.2) is 0 Å². The maximum Gasteiger partial charge on any atom is 0.470 e. The Bertz CT molecular complexity index is 885. The van der Waals surface area contributed by atoms with Crippen molar-refractivity contribution < 1.29 is 32.9 Å². The van der Waals surface area contributed by atoms with Gasteiger partial charge >= 0.3 is 7.82 Å². The number of ketones is 2. The normalized spacial score (nSPS) is 13.8. The molecule has 0 aromatic carbocycles. The number of Topliss-reactive ketones (excluding diaryl/α,β-unsaturated/α-hetero) is 2. The van der Waals surface area contributed by atoms with E-state index in [1.807, 2.05) is 21.1 Å². The van der Waals surface area contributed by atoms with Crippen molar-refractivity contribution in [1.82, 2.24) is 0 Å². The molecule has 7 nitrogen and oxygen atoms in total. The fraction of sp³-hybridized carbons (Fsp3) is 0.860. The molecule has 0 aliphatic rings. The fourth-order valence-corrected chi connectivity index (χ4v) is 7.29. The van der Waals surface area contributed by atoms with Gasteiger partial charge in [0.1, 0.15) is 24.2 Å². The number of nitrogens with zero attached hydrogens (tertiary/aromatic N) is 1. The highest BCUT2D eigenvalue weighted by Crippen LogP contribution is 2.39. The maximum atomic E-state index is 13.5. The summed E-state index contributed by atoms with van der Waals surface area (Å²) in [6.07, 6.45) is 39.7. The van der Waals surface area contributed by atoms with Crippen molar-refractivity contribution in [3.63, 3.8) is 0 Å². The van der Waals surface area contributed by atoms with Crippen LogP contribution in [0, 0.1) is 5.92 Å². The first-order valence-corrected chi connectivity index (χ1v) is 22.8. The number of carbonyl (C=O) groups excluding carboxylic acids is 2. The zero-order valence-electron chi connectivity index (χ0n) is 34.1. The molecule has 1 unspecified atom stereocenters. The number of hydrogen-bond acceptors (Lipinski definition) is 4. The van der Waals surface area contributed by atoms with E-state index in [-0.39, 0.29) is 18.0 Å². The summed E-state index contributed by atoms with van der Waals surface area (Å²) in [5, 5.41) is 0. The molecule has 0 saturated heterocycles. The van der Waals surface area contributed by atoms with Crippen LogP contribution >= 0.6 is 7.82 Å². The number of phosphoric acid groups is 1. The van der Waals surface area contributed by atoms with Crippen LogP contribution in [0.15, 0.2) is 24.3 Å². The topological polar surface area (TPSA) is 101 Å². The minimum atomic E-state index is -4.77. The molecule has 0 aliphatic carbocycles. The quantitative estimate of drug-likeness (QED) is 0.0215. The Morgan fingerprint density at radius 3 is 1.18 bits per heavy atom. The van der Waals surface area contributed by atoms with E-state index in [0.29, 0.717) is 23.9 Å². The largest absolute Gasteiger partial charge is 0.470 e. The van der Waals surface area contributed by atoms with Gasteiger partial charge in [-0.25, -0.2) is 4.57 Å². The third-order valence-corrected chi connectivity index (χ3v) is 10.3. The van der Waals surface area contributed by atoms with Gasteiger partial charge in [0.25, 0.3) is 0 Å². The van der Waals surface area contributed by atoms with Gasteiger partial charge in [-0.05, 0) is 70.6 Å². The van der Waals surface area contributed by atoms with E-state index >= 15 is 0 Å². The second-order valence-electron chi connectivity index (χ2n) is 16.1. The lowest BCUT2D eigenvalue weighted by Gasteiger charge is -2.30. The van der Waals surface area contributed by atoms with Crippen LogP contribution in [-0.4, -0.2) is 59.6 Å². The van der Waals surface area contributed by atoms with E-state index < -0.39 is 19.8 Å². The Morgan fingerprint density at radius 1 is 0.549 bits per heavy atom. The number of rotatable bonds is 38. The lowest BCUT2D eigenvalue weighted by Crippen LogP contribution is -2.44. The molecule has 300 valence electrons. The maximum absolute atomic E-state index is 13.5. The number of hydrogen-bond donors (Lipinski definition) is 2. The molecule has 0 aliphatic heterocycles. The molecule has 0 bridgehead atoms. The first-order valence-electron chi connectivity index (χ1n) is 21.3. The van der Waals surface area contributed by atoms with Crippen molar-refractivity contribution in [2.24, 2.45) is 5.92 Å². The van der Waals surface area contributed by atoms with E-state index in [9.17, 15) is 23.9 Å². The van der Waals surface area contributed by atoms with Crippen molar-refractivity contribution in [1.29, 1.82) is 0 Å². The number of allylic oxidation sites excluding steroid dienone is 4. The van der Waals surface area contributed by atoms with Gasteiger partial charge in [0.2, 0.25) is 0 Å². The molecular formula is C43H83NO6P+. The van der Waals surface area contributed by atoms with Gasteiger partial charge in [-0.3, -0.25) is 14.1 Å². The van der Waals surface area contributed by atoms with Crippen LogP contribution in [0.1, 0.15) is 200 Å². The van der Waals surface area contributed by atoms with Gasteiger partial charge in [-0.2, -0.15) is 0 Å². The lowest BCUT2D eigenvalue weighted by atomic mass is 9.87. The monoisotopic (exact) mass is 741 g/mol. The van der Waals surface area contributed by atoms with Gasteiger partial charge in [-0.1, -0.05) is 141 Å². The van der Waals surface area contributed by atoms with Gasteiger partial charge in [0.05, 0.1) is 27.1 Å². The van der Waals surface area contributed by atoms with Crippen molar-refractivity contribution in [3.8, 4) is 0 Å². The number of unbranched alkanes of at least 4 members (excludes halogenated alkanes) is 22. The highest BCUT2D eigenvalue weighted by Gasteiger charge is 2.34. The summed E-state index contributed by atoms with van der Waals surface area (Å²) in [7, 11) is 0.951. The Labute approximate surface area is 315 Å². The summed E-state index contributed by atoms with van der Waals surface area (Å²) in [5.41, 5.74) is 0. The third-order valence-electron chi connectivity index (χ3n) is 9.68. The van der Waals surface area contributed by atoms with E-state index in [1.165, 1.54) is 89.9 Å². The second kappa shape index (κ2) is 33.5. The number of carbonyl (C=O) groups is 2. The van der Waals surface area contributed by atoms with E-state index in [2.05, 4.69) is 38.2 Å². The van der Waals surface area contributed by atoms with Gasteiger partial charge in [-0.15, -0.1) is 0 Å². The summed E-state index contributed by atoms with van der Waals surface area (Å²) >= 11 is 0. The Morgan fingerprint density at radius 2 is 0.863 bits per heavy atom. The summed E-state index contributed by atoms with van der Waals surface area (Å²) in [6, 6.07) is 0. The molecular weight excluding hydrogens is 657 g/mol. The van der Waals surface area contributed by atoms with Gasteiger partial charge in [0, 0.05) is 12.8 Å². The summed E-state index contributed by atoms with van der Waals surface area (Å²) in [6.45, 7) is 4.80. The SMILES string of the molecule is CCCCCCCCC=CCCCCCCCC(=O)C(CC(C[N+](C)(C)C)OP(=O)(O)O)C(=O)CCCCCCCC=CCCCCCCCC. The van der Waals surface area contributed by atoms with Crippen LogP contribution in [-0.2, 0) is 18.7 Å².